The van der Waals surface area contributed by atoms with Gasteiger partial charge in [0.05, 0.1) is 11.4 Å². The molecule has 3 aromatic heterocycles. The maximum atomic E-state index is 13.5. The van der Waals surface area contributed by atoms with Gasteiger partial charge in [0.15, 0.2) is 5.01 Å². The van der Waals surface area contributed by atoms with Crippen LogP contribution in [0.25, 0.3) is 11.3 Å². The molecule has 0 spiro atoms. The van der Waals surface area contributed by atoms with Crippen molar-refractivity contribution in [2.24, 2.45) is 0 Å². The third kappa shape index (κ3) is 4.41. The second-order valence-electron chi connectivity index (χ2n) is 5.72. The summed E-state index contributed by atoms with van der Waals surface area (Å²) in [6.45, 7) is 2.04. The summed E-state index contributed by atoms with van der Waals surface area (Å²) in [6, 6.07) is 4.91. The van der Waals surface area contributed by atoms with Crippen LogP contribution in [0.3, 0.4) is 0 Å². The van der Waals surface area contributed by atoms with Gasteiger partial charge in [-0.2, -0.15) is 14.0 Å². The Morgan fingerprint density at radius 3 is 2.71 bits per heavy atom. The summed E-state index contributed by atoms with van der Waals surface area (Å²) in [6.07, 6.45) is 2.68. The number of alkyl halides is 2. The molecule has 142 valence electrons. The summed E-state index contributed by atoms with van der Waals surface area (Å²) in [5, 5.41) is 16.4. The molecule has 3 rings (SSSR count). The lowest BCUT2D eigenvalue weighted by Gasteiger charge is -2.14. The van der Waals surface area contributed by atoms with Crippen LogP contribution in [0.5, 0.6) is 0 Å². The highest BCUT2D eigenvalue weighted by molar-refractivity contribution is 7.10. The van der Waals surface area contributed by atoms with Crippen molar-refractivity contribution in [1.29, 1.82) is 5.26 Å². The van der Waals surface area contributed by atoms with Gasteiger partial charge in [-0.05, 0) is 6.07 Å². The second-order valence-corrected chi connectivity index (χ2v) is 6.58. The van der Waals surface area contributed by atoms with Gasteiger partial charge < -0.3 is 10.6 Å². The van der Waals surface area contributed by atoms with Gasteiger partial charge in [-0.25, -0.2) is 19.9 Å². The van der Waals surface area contributed by atoms with Crippen LogP contribution in [0.1, 0.15) is 24.7 Å². The number of nitriles is 1. The van der Waals surface area contributed by atoms with E-state index in [0.717, 1.165) is 11.3 Å². The highest BCUT2D eigenvalue weighted by Gasteiger charge is 2.28. The number of hydrogen-bond acceptors (Lipinski definition) is 8. The molecule has 0 saturated carbocycles. The third-order valence-corrected chi connectivity index (χ3v) is 4.14. The Labute approximate surface area is 162 Å². The van der Waals surface area contributed by atoms with Crippen molar-refractivity contribution in [3.05, 3.63) is 40.7 Å². The fourth-order valence-electron chi connectivity index (χ4n) is 2.24. The van der Waals surface area contributed by atoms with Gasteiger partial charge in [-0.3, -0.25) is 4.79 Å². The number of halogens is 2. The van der Waals surface area contributed by atoms with Crippen LogP contribution in [0.15, 0.2) is 29.9 Å². The SMILES string of the molecule is CC(=O)Nc1cc(Nc2ccnc(C(C)(F)F)n2)c(-c2csc(C#N)n2)cn1. The van der Waals surface area contributed by atoms with Gasteiger partial charge in [-0.15, -0.1) is 11.3 Å². The van der Waals surface area contributed by atoms with Crippen LogP contribution < -0.4 is 10.6 Å². The summed E-state index contributed by atoms with van der Waals surface area (Å²) in [5.74, 6) is -3.76. The van der Waals surface area contributed by atoms with Crippen molar-refractivity contribution in [2.75, 3.05) is 10.6 Å². The van der Waals surface area contributed by atoms with Crippen LogP contribution in [0, 0.1) is 11.3 Å². The molecule has 28 heavy (non-hydrogen) atoms. The van der Waals surface area contributed by atoms with Crippen LogP contribution >= 0.6 is 11.3 Å². The van der Waals surface area contributed by atoms with Crippen molar-refractivity contribution in [1.82, 2.24) is 19.9 Å². The monoisotopic (exact) mass is 401 g/mol. The minimum atomic E-state index is -3.20. The van der Waals surface area contributed by atoms with Gasteiger partial charge in [0, 0.05) is 43.3 Å². The van der Waals surface area contributed by atoms with Gasteiger partial charge in [0.25, 0.3) is 0 Å². The lowest BCUT2D eigenvalue weighted by molar-refractivity contribution is -0.114. The molecule has 0 aliphatic carbocycles. The second kappa shape index (κ2) is 7.61. The molecule has 0 atom stereocenters. The van der Waals surface area contributed by atoms with Crippen LogP contribution in [-0.4, -0.2) is 25.8 Å². The van der Waals surface area contributed by atoms with E-state index in [2.05, 4.69) is 30.6 Å². The summed E-state index contributed by atoms with van der Waals surface area (Å²) in [7, 11) is 0. The molecule has 0 saturated heterocycles. The topological polar surface area (TPSA) is 116 Å². The number of hydrogen-bond donors (Lipinski definition) is 2. The Hall–Kier alpha value is -3.52. The number of nitrogens with zero attached hydrogens (tertiary/aromatic N) is 5. The molecular formula is C17H13F2N7OS. The molecule has 1 amide bonds. The molecule has 0 aliphatic rings. The summed E-state index contributed by atoms with van der Waals surface area (Å²) < 4.78 is 27.0. The Morgan fingerprint density at radius 1 is 1.29 bits per heavy atom. The van der Waals surface area contributed by atoms with Crippen molar-refractivity contribution in [3.8, 4) is 17.3 Å². The van der Waals surface area contributed by atoms with E-state index in [-0.39, 0.29) is 22.6 Å². The van der Waals surface area contributed by atoms with E-state index < -0.39 is 11.7 Å². The van der Waals surface area contributed by atoms with E-state index in [0.29, 0.717) is 23.9 Å². The number of rotatable bonds is 5. The van der Waals surface area contributed by atoms with Gasteiger partial charge >= 0.3 is 5.92 Å². The lowest BCUT2D eigenvalue weighted by Crippen LogP contribution is -2.13. The van der Waals surface area contributed by atoms with E-state index in [4.69, 9.17) is 5.26 Å². The van der Waals surface area contributed by atoms with Crippen LogP contribution in [0.4, 0.5) is 26.1 Å². The quantitative estimate of drug-likeness (QED) is 0.670. The van der Waals surface area contributed by atoms with Crippen molar-refractivity contribution < 1.29 is 13.6 Å². The minimum absolute atomic E-state index is 0.128. The van der Waals surface area contributed by atoms with E-state index in [1.807, 2.05) is 6.07 Å². The Morgan fingerprint density at radius 2 is 2.07 bits per heavy atom. The molecule has 0 fully saturated rings. The third-order valence-electron chi connectivity index (χ3n) is 3.39. The molecule has 0 aliphatic heterocycles. The number of nitrogens with one attached hydrogen (secondary N) is 2. The van der Waals surface area contributed by atoms with Crippen LogP contribution in [-0.2, 0) is 10.7 Å². The molecule has 0 bridgehead atoms. The van der Waals surface area contributed by atoms with Gasteiger partial charge in [0.2, 0.25) is 11.7 Å². The zero-order valence-corrected chi connectivity index (χ0v) is 15.5. The molecule has 8 nitrogen and oxygen atoms in total. The number of pyridine rings is 1. The molecule has 3 heterocycles. The first kappa shape index (κ1) is 19.2. The Balaban J connectivity index is 2.04. The Bertz CT molecular complexity index is 1070. The Kier molecular flexibility index (Phi) is 5.23. The molecule has 0 unspecified atom stereocenters. The summed E-state index contributed by atoms with van der Waals surface area (Å²) in [5.41, 5.74) is 1.40. The van der Waals surface area contributed by atoms with Crippen molar-refractivity contribution in [2.45, 2.75) is 19.8 Å². The summed E-state index contributed by atoms with van der Waals surface area (Å²) in [4.78, 5) is 27.1. The smallest absolute Gasteiger partial charge is 0.303 e. The largest absolute Gasteiger partial charge is 0.339 e. The van der Waals surface area contributed by atoms with E-state index in [1.54, 1.807) is 5.38 Å². The van der Waals surface area contributed by atoms with E-state index >= 15 is 0 Å². The fourth-order valence-corrected chi connectivity index (χ4v) is 2.84. The van der Waals surface area contributed by atoms with Gasteiger partial charge in [0.1, 0.15) is 17.7 Å². The first-order valence-electron chi connectivity index (χ1n) is 7.88. The van der Waals surface area contributed by atoms with Crippen molar-refractivity contribution >= 4 is 34.6 Å². The standard InChI is InChI=1S/C17H13F2N7OS/c1-9(27)23-14-5-11(10(7-22-14)12-8-28-15(6-20)25-12)24-13-3-4-21-16(26-13)17(2,18)19/h3-5,7-8H,1-2H3,(H2,21,22,23,24,26,27). The molecule has 0 aromatic carbocycles. The average molecular weight is 401 g/mol. The highest BCUT2D eigenvalue weighted by atomic mass is 32.1. The predicted octanol–water partition coefficient (Wildman–Crippen LogP) is 3.68. The normalized spacial score (nSPS) is 11.0. The number of amides is 1. The maximum Gasteiger partial charge on any atom is 0.303 e. The zero-order chi connectivity index (χ0) is 20.3. The number of carbonyl (C=O) groups excluding carboxylic acids is 1. The van der Waals surface area contributed by atoms with E-state index in [9.17, 15) is 13.6 Å². The first-order valence-corrected chi connectivity index (χ1v) is 8.76. The molecule has 3 aromatic rings. The molecule has 11 heteroatoms. The maximum absolute atomic E-state index is 13.5. The minimum Gasteiger partial charge on any atom is -0.339 e. The first-order chi connectivity index (χ1) is 13.3. The average Bonchev–Trinajstić information content (AvgIpc) is 3.10. The number of aromatic nitrogens is 4. The molecule has 0 radical (unpaired) electrons. The fraction of sp³-hybridized carbons (Fsp3) is 0.176. The predicted molar refractivity (Wildman–Crippen MR) is 99.2 cm³/mol. The molecular weight excluding hydrogens is 388 g/mol. The van der Waals surface area contributed by atoms with Gasteiger partial charge in [-0.1, -0.05) is 0 Å². The van der Waals surface area contributed by atoms with E-state index in [1.165, 1.54) is 31.5 Å². The molecule has 2 N–H and O–H groups in total. The highest BCUT2D eigenvalue weighted by Crippen LogP contribution is 2.32. The lowest BCUT2D eigenvalue weighted by atomic mass is 10.2. The summed E-state index contributed by atoms with van der Waals surface area (Å²) >= 11 is 1.16. The number of anilines is 3. The zero-order valence-electron chi connectivity index (χ0n) is 14.7. The van der Waals surface area contributed by atoms with Crippen molar-refractivity contribution in [3.63, 3.8) is 0 Å². The number of carbonyl (C=O) groups is 1. The van der Waals surface area contributed by atoms with Crippen LogP contribution in [0.2, 0.25) is 0 Å². The number of thiazole rings is 1.